The lowest BCUT2D eigenvalue weighted by molar-refractivity contribution is 0.0971. The molecule has 3 aromatic rings. The summed E-state index contributed by atoms with van der Waals surface area (Å²) in [6.07, 6.45) is 0. The number of imidazole rings is 1. The lowest BCUT2D eigenvalue weighted by atomic mass is 10.2. The van der Waals surface area contributed by atoms with Crippen molar-refractivity contribution in [2.75, 3.05) is 0 Å². The van der Waals surface area contributed by atoms with Crippen LogP contribution in [0, 0.1) is 13.8 Å². The Hall–Kier alpha value is -2.79. The minimum atomic E-state index is -4.12. The van der Waals surface area contributed by atoms with Gasteiger partial charge in [-0.15, -0.1) is 0 Å². The average molecular weight is 379 g/mol. The molecule has 0 saturated heterocycles. The number of nitrogens with zero attached hydrogens (tertiary/aromatic N) is 3. The maximum Gasteiger partial charge on any atom is 0.285 e. The summed E-state index contributed by atoms with van der Waals surface area (Å²) in [4.78, 5) is 28.0. The predicted molar refractivity (Wildman–Crippen MR) is 89.9 cm³/mol. The van der Waals surface area contributed by atoms with E-state index in [1.54, 1.807) is 13.8 Å². The molecule has 0 unspecified atom stereocenters. The summed E-state index contributed by atoms with van der Waals surface area (Å²) in [5.74, 6) is -1.52. The van der Waals surface area contributed by atoms with Gasteiger partial charge in [-0.2, -0.15) is 9.61 Å². The zero-order valence-electron chi connectivity index (χ0n) is 13.2. The van der Waals surface area contributed by atoms with Gasteiger partial charge in [0.1, 0.15) is 5.01 Å². The molecule has 2 heterocycles. The molecule has 3 rings (SSSR count). The molecule has 0 bridgehead atoms. The number of primary amides is 1. The molecule has 1 aromatic carbocycles. The van der Waals surface area contributed by atoms with E-state index < -0.39 is 21.8 Å². The maximum absolute atomic E-state index is 12.5. The topological polar surface area (TPSA) is 137 Å². The second-order valence-electron chi connectivity index (χ2n) is 5.18. The largest absolute Gasteiger partial charge is 0.366 e. The highest BCUT2D eigenvalue weighted by atomic mass is 32.2. The molecule has 0 spiro atoms. The Morgan fingerprint density at radius 2 is 1.84 bits per heavy atom. The van der Waals surface area contributed by atoms with Gasteiger partial charge in [0.25, 0.3) is 15.9 Å². The molecule has 2 aromatic heterocycles. The molecule has 0 radical (unpaired) electrons. The summed E-state index contributed by atoms with van der Waals surface area (Å²) < 4.78 is 28.1. The molecule has 11 heteroatoms. The monoisotopic (exact) mass is 379 g/mol. The third-order valence-corrected chi connectivity index (χ3v) is 5.54. The summed E-state index contributed by atoms with van der Waals surface area (Å²) in [5.41, 5.74) is 5.70. The van der Waals surface area contributed by atoms with Gasteiger partial charge in [-0.05, 0) is 38.1 Å². The highest BCUT2D eigenvalue weighted by Crippen LogP contribution is 2.18. The van der Waals surface area contributed by atoms with Crippen LogP contribution in [0.25, 0.3) is 4.96 Å². The maximum atomic E-state index is 12.5. The molecule has 3 N–H and O–H groups in total. The van der Waals surface area contributed by atoms with Crippen LogP contribution in [0.2, 0.25) is 0 Å². The van der Waals surface area contributed by atoms with Crippen LogP contribution < -0.4 is 10.5 Å². The molecular formula is C14H13N5O4S2. The number of rotatable bonds is 4. The number of sulfonamides is 1. The molecule has 25 heavy (non-hydrogen) atoms. The Morgan fingerprint density at radius 3 is 2.44 bits per heavy atom. The molecule has 0 aliphatic heterocycles. The van der Waals surface area contributed by atoms with Gasteiger partial charge in [-0.1, -0.05) is 11.3 Å². The molecule has 0 aliphatic carbocycles. The fraction of sp³-hybridized carbons (Fsp3) is 0.143. The van der Waals surface area contributed by atoms with Crippen molar-refractivity contribution in [2.24, 2.45) is 5.73 Å². The summed E-state index contributed by atoms with van der Waals surface area (Å²) >= 11 is 1.29. The van der Waals surface area contributed by atoms with Gasteiger partial charge in [0.05, 0.1) is 10.6 Å². The van der Waals surface area contributed by atoms with Crippen LogP contribution in [-0.2, 0) is 10.0 Å². The number of nitrogens with one attached hydrogen (secondary N) is 1. The van der Waals surface area contributed by atoms with Crippen LogP contribution in [0.4, 0.5) is 0 Å². The molecule has 0 saturated carbocycles. The minimum Gasteiger partial charge on any atom is -0.366 e. The first-order valence-corrected chi connectivity index (χ1v) is 9.29. The number of carbonyl (C=O) groups excluding carboxylic acids is 2. The zero-order valence-corrected chi connectivity index (χ0v) is 14.8. The first kappa shape index (κ1) is 17.0. The molecule has 0 aliphatic rings. The molecule has 0 atom stereocenters. The highest BCUT2D eigenvalue weighted by molar-refractivity contribution is 7.90. The fourth-order valence-corrected chi connectivity index (χ4v) is 3.97. The van der Waals surface area contributed by atoms with E-state index in [1.165, 1.54) is 40.1 Å². The number of hydrogen-bond donors (Lipinski definition) is 2. The van der Waals surface area contributed by atoms with Crippen LogP contribution in [0.3, 0.4) is 0 Å². The number of aromatic nitrogens is 3. The SMILES string of the molecule is Cc1nn2c(C(=O)NS(=O)(=O)c3ccc(C(N)=O)cc3)c(C)nc2s1. The molecule has 2 amide bonds. The number of amides is 2. The van der Waals surface area contributed by atoms with E-state index in [4.69, 9.17) is 5.73 Å². The number of nitrogens with two attached hydrogens (primary N) is 1. The summed E-state index contributed by atoms with van der Waals surface area (Å²) in [6.45, 7) is 3.35. The van der Waals surface area contributed by atoms with Crippen LogP contribution in [0.1, 0.15) is 31.5 Å². The number of carbonyl (C=O) groups is 2. The second kappa shape index (κ2) is 5.93. The van der Waals surface area contributed by atoms with Gasteiger partial charge < -0.3 is 5.73 Å². The van der Waals surface area contributed by atoms with Gasteiger partial charge in [0.15, 0.2) is 5.69 Å². The molecule has 9 nitrogen and oxygen atoms in total. The number of aryl methyl sites for hydroxylation is 2. The second-order valence-corrected chi connectivity index (χ2v) is 8.03. The average Bonchev–Trinajstić information content (AvgIpc) is 3.00. The Kier molecular flexibility index (Phi) is 4.05. The van der Waals surface area contributed by atoms with Crippen LogP contribution in [-0.4, -0.2) is 34.8 Å². The van der Waals surface area contributed by atoms with E-state index >= 15 is 0 Å². The summed E-state index contributed by atoms with van der Waals surface area (Å²) in [5, 5.41) is 4.85. The van der Waals surface area contributed by atoms with Crippen LogP contribution in [0.5, 0.6) is 0 Å². The Bertz CT molecular complexity index is 1100. The molecule has 0 fully saturated rings. The highest BCUT2D eigenvalue weighted by Gasteiger charge is 2.25. The van der Waals surface area contributed by atoms with Gasteiger partial charge >= 0.3 is 0 Å². The van der Waals surface area contributed by atoms with Crippen molar-refractivity contribution in [1.29, 1.82) is 0 Å². The van der Waals surface area contributed by atoms with Crippen molar-refractivity contribution in [3.8, 4) is 0 Å². The molecular weight excluding hydrogens is 366 g/mol. The van der Waals surface area contributed by atoms with Gasteiger partial charge in [0, 0.05) is 5.56 Å². The standard InChI is InChI=1S/C14H13N5O4S2/c1-7-11(19-14(16-7)24-8(2)17-19)13(21)18-25(22,23)10-5-3-9(4-6-10)12(15)20/h3-6H,1-2H3,(H2,15,20)(H,18,21). The smallest absolute Gasteiger partial charge is 0.285 e. The quantitative estimate of drug-likeness (QED) is 0.682. The first-order chi connectivity index (χ1) is 11.7. The van der Waals surface area contributed by atoms with Gasteiger partial charge in [0.2, 0.25) is 10.9 Å². The Labute approximate surface area is 146 Å². The van der Waals surface area contributed by atoms with Crippen LogP contribution in [0.15, 0.2) is 29.2 Å². The normalized spacial score (nSPS) is 11.6. The van der Waals surface area contributed by atoms with Crippen molar-refractivity contribution in [2.45, 2.75) is 18.7 Å². The Balaban J connectivity index is 1.93. The summed E-state index contributed by atoms with van der Waals surface area (Å²) in [7, 11) is -4.12. The molecule has 130 valence electrons. The van der Waals surface area contributed by atoms with E-state index in [2.05, 4.69) is 10.1 Å². The number of hydrogen-bond acceptors (Lipinski definition) is 7. The first-order valence-electron chi connectivity index (χ1n) is 6.99. The van der Waals surface area contributed by atoms with Crippen molar-refractivity contribution in [3.05, 3.63) is 46.2 Å². The zero-order chi connectivity index (χ0) is 18.4. The van der Waals surface area contributed by atoms with E-state index in [-0.39, 0.29) is 16.2 Å². The summed E-state index contributed by atoms with van der Waals surface area (Å²) in [6, 6.07) is 4.93. The third-order valence-electron chi connectivity index (χ3n) is 3.37. The van der Waals surface area contributed by atoms with Crippen molar-refractivity contribution in [3.63, 3.8) is 0 Å². The minimum absolute atomic E-state index is 0.0525. The van der Waals surface area contributed by atoms with Gasteiger partial charge in [-0.25, -0.2) is 18.1 Å². The van der Waals surface area contributed by atoms with E-state index in [0.717, 1.165) is 0 Å². The predicted octanol–water partition coefficient (Wildman–Crippen LogP) is 0.625. The van der Waals surface area contributed by atoms with E-state index in [1.807, 2.05) is 4.72 Å². The number of fused-ring (bicyclic) bond motifs is 1. The Morgan fingerprint density at radius 1 is 1.20 bits per heavy atom. The van der Waals surface area contributed by atoms with Crippen molar-refractivity contribution in [1.82, 2.24) is 19.3 Å². The van der Waals surface area contributed by atoms with E-state index in [0.29, 0.717) is 15.7 Å². The van der Waals surface area contributed by atoms with Crippen LogP contribution >= 0.6 is 11.3 Å². The van der Waals surface area contributed by atoms with Crippen molar-refractivity contribution >= 4 is 38.1 Å². The van der Waals surface area contributed by atoms with Crippen molar-refractivity contribution < 1.29 is 18.0 Å². The number of benzene rings is 1. The lowest BCUT2D eigenvalue weighted by Crippen LogP contribution is -2.32. The lowest BCUT2D eigenvalue weighted by Gasteiger charge is -2.07. The van der Waals surface area contributed by atoms with Gasteiger partial charge in [-0.3, -0.25) is 9.59 Å². The third kappa shape index (κ3) is 3.10. The fourth-order valence-electron chi connectivity index (χ4n) is 2.23. The van der Waals surface area contributed by atoms with E-state index in [9.17, 15) is 18.0 Å².